The summed E-state index contributed by atoms with van der Waals surface area (Å²) in [5.74, 6) is -0.381. The van der Waals surface area contributed by atoms with Crippen LogP contribution in [0.15, 0.2) is 24.3 Å². The van der Waals surface area contributed by atoms with Gasteiger partial charge >= 0.3 is 6.03 Å². The molecule has 84 valence electrons. The third kappa shape index (κ3) is 1.75. The van der Waals surface area contributed by atoms with Crippen LogP contribution in [0.3, 0.4) is 0 Å². The van der Waals surface area contributed by atoms with E-state index in [2.05, 4.69) is 0 Å². The van der Waals surface area contributed by atoms with E-state index in [1.165, 1.54) is 7.05 Å². The highest BCUT2D eigenvalue weighted by Crippen LogP contribution is 2.27. The molecule has 0 radical (unpaired) electrons. The van der Waals surface area contributed by atoms with Crippen molar-refractivity contribution in [1.29, 1.82) is 0 Å². The number of imide groups is 1. The van der Waals surface area contributed by atoms with E-state index >= 15 is 0 Å². The van der Waals surface area contributed by atoms with Crippen molar-refractivity contribution in [3.05, 3.63) is 29.3 Å². The molecule has 2 rings (SSSR count). The van der Waals surface area contributed by atoms with Crippen LogP contribution in [-0.4, -0.2) is 30.5 Å². The van der Waals surface area contributed by atoms with Gasteiger partial charge in [0.1, 0.15) is 0 Å². The molecule has 0 atom stereocenters. The number of likely N-dealkylation sites (N-methyl/N-ethyl adjacent to an activating group) is 1. The molecule has 16 heavy (non-hydrogen) atoms. The van der Waals surface area contributed by atoms with E-state index < -0.39 is 6.03 Å². The van der Waals surface area contributed by atoms with Crippen LogP contribution in [0.1, 0.15) is 0 Å². The molecular formula is C10H9ClN2O3. The molecule has 0 saturated carbocycles. The minimum atomic E-state index is -0.552. The third-order valence-electron chi connectivity index (χ3n) is 2.22. The number of nitrogens with zero attached hydrogens (tertiary/aromatic N) is 2. The zero-order valence-electron chi connectivity index (χ0n) is 8.51. The summed E-state index contributed by atoms with van der Waals surface area (Å²) >= 11 is 5.93. The van der Waals surface area contributed by atoms with Gasteiger partial charge in [0, 0.05) is 7.05 Å². The molecule has 1 aliphatic rings. The SMILES string of the molecule is CN1C(=O)CON(c2ccccc2Cl)C1=O. The number of halogens is 1. The van der Waals surface area contributed by atoms with Crippen molar-refractivity contribution in [2.45, 2.75) is 0 Å². The molecule has 1 aromatic carbocycles. The Morgan fingerprint density at radius 1 is 1.31 bits per heavy atom. The van der Waals surface area contributed by atoms with Gasteiger partial charge in [0.2, 0.25) is 0 Å². The molecule has 1 fully saturated rings. The largest absolute Gasteiger partial charge is 0.355 e. The summed E-state index contributed by atoms with van der Waals surface area (Å²) < 4.78 is 0. The molecule has 1 saturated heterocycles. The molecule has 1 heterocycles. The Labute approximate surface area is 97.1 Å². The zero-order valence-corrected chi connectivity index (χ0v) is 9.27. The molecule has 0 bridgehead atoms. The minimum absolute atomic E-state index is 0.173. The molecule has 5 nitrogen and oxygen atoms in total. The van der Waals surface area contributed by atoms with Crippen LogP contribution in [-0.2, 0) is 9.63 Å². The molecule has 0 aromatic heterocycles. The summed E-state index contributed by atoms with van der Waals surface area (Å²) in [7, 11) is 1.40. The standard InChI is InChI=1S/C10H9ClN2O3/c1-12-9(14)6-16-13(10(12)15)8-5-3-2-4-7(8)11/h2-5H,6H2,1H3. The van der Waals surface area contributed by atoms with Gasteiger partial charge in [-0.25, -0.2) is 4.79 Å². The van der Waals surface area contributed by atoms with Crippen molar-refractivity contribution in [2.24, 2.45) is 0 Å². The first-order chi connectivity index (χ1) is 7.61. The summed E-state index contributed by atoms with van der Waals surface area (Å²) in [5.41, 5.74) is 0.425. The maximum atomic E-state index is 11.7. The van der Waals surface area contributed by atoms with E-state index in [4.69, 9.17) is 16.4 Å². The van der Waals surface area contributed by atoms with Gasteiger partial charge in [-0.2, -0.15) is 5.06 Å². The normalized spacial score (nSPS) is 16.9. The Hall–Kier alpha value is -1.59. The minimum Gasteiger partial charge on any atom is -0.272 e. The number of hydroxylamine groups is 1. The zero-order chi connectivity index (χ0) is 11.7. The van der Waals surface area contributed by atoms with Gasteiger partial charge in [-0.15, -0.1) is 0 Å². The average Bonchev–Trinajstić information content (AvgIpc) is 2.28. The van der Waals surface area contributed by atoms with Crippen molar-refractivity contribution in [3.8, 4) is 0 Å². The lowest BCUT2D eigenvalue weighted by Crippen LogP contribution is -2.51. The van der Waals surface area contributed by atoms with Crippen molar-refractivity contribution in [2.75, 3.05) is 18.7 Å². The first-order valence-electron chi connectivity index (χ1n) is 4.59. The van der Waals surface area contributed by atoms with Crippen molar-refractivity contribution < 1.29 is 14.4 Å². The first kappa shape index (κ1) is 10.9. The predicted molar refractivity (Wildman–Crippen MR) is 58.0 cm³/mol. The maximum Gasteiger partial charge on any atom is 0.355 e. The quantitative estimate of drug-likeness (QED) is 0.750. The third-order valence-corrected chi connectivity index (χ3v) is 2.54. The molecule has 0 N–H and O–H groups in total. The molecule has 3 amide bonds. The van der Waals surface area contributed by atoms with Crippen molar-refractivity contribution >= 4 is 29.2 Å². The highest BCUT2D eigenvalue weighted by atomic mass is 35.5. The Morgan fingerprint density at radius 2 is 2.00 bits per heavy atom. The molecule has 0 unspecified atom stereocenters. The van der Waals surface area contributed by atoms with Crippen LogP contribution in [0.2, 0.25) is 5.02 Å². The lowest BCUT2D eigenvalue weighted by molar-refractivity contribution is -0.135. The van der Waals surface area contributed by atoms with E-state index in [0.717, 1.165) is 9.96 Å². The summed E-state index contributed by atoms with van der Waals surface area (Å²) in [4.78, 5) is 29.0. The average molecular weight is 241 g/mol. The number of urea groups is 1. The molecule has 0 aliphatic carbocycles. The number of hydrogen-bond donors (Lipinski definition) is 0. The second kappa shape index (κ2) is 4.11. The fraction of sp³-hybridized carbons (Fsp3) is 0.200. The number of benzene rings is 1. The highest BCUT2D eigenvalue weighted by molar-refractivity contribution is 6.33. The molecule has 0 spiro atoms. The summed E-state index contributed by atoms with van der Waals surface area (Å²) in [5, 5.41) is 1.41. The predicted octanol–water partition coefficient (Wildman–Crippen LogP) is 1.67. The van der Waals surface area contributed by atoms with Gasteiger partial charge in [0.15, 0.2) is 6.61 Å². The van der Waals surface area contributed by atoms with Gasteiger partial charge < -0.3 is 0 Å². The maximum absolute atomic E-state index is 11.7. The summed E-state index contributed by atoms with van der Waals surface area (Å²) in [6, 6.07) is 6.21. The first-order valence-corrected chi connectivity index (χ1v) is 4.97. The van der Waals surface area contributed by atoms with Crippen molar-refractivity contribution in [1.82, 2.24) is 4.90 Å². The highest BCUT2D eigenvalue weighted by Gasteiger charge is 2.32. The fourth-order valence-corrected chi connectivity index (χ4v) is 1.52. The van der Waals surface area contributed by atoms with Gasteiger partial charge in [-0.3, -0.25) is 14.5 Å². The topological polar surface area (TPSA) is 49.9 Å². The van der Waals surface area contributed by atoms with Crippen LogP contribution >= 0.6 is 11.6 Å². The number of rotatable bonds is 1. The molecule has 1 aromatic rings. The monoisotopic (exact) mass is 240 g/mol. The molecular weight excluding hydrogens is 232 g/mol. The Kier molecular flexibility index (Phi) is 2.80. The van der Waals surface area contributed by atoms with E-state index in [1.807, 2.05) is 0 Å². The smallest absolute Gasteiger partial charge is 0.272 e. The Balaban J connectivity index is 2.32. The number of anilines is 1. The van der Waals surface area contributed by atoms with Gasteiger partial charge in [-0.1, -0.05) is 23.7 Å². The fourth-order valence-electron chi connectivity index (χ4n) is 1.30. The number of hydrogen-bond acceptors (Lipinski definition) is 3. The Bertz CT molecular complexity index is 449. The summed E-state index contributed by atoms with van der Waals surface area (Å²) in [6.45, 7) is -0.173. The van der Waals surface area contributed by atoms with Crippen LogP contribution < -0.4 is 5.06 Å². The summed E-state index contributed by atoms with van der Waals surface area (Å²) in [6.07, 6.45) is 0. The lowest BCUT2D eigenvalue weighted by Gasteiger charge is -2.31. The lowest BCUT2D eigenvalue weighted by atomic mass is 10.3. The molecule has 1 aliphatic heterocycles. The van der Waals surface area contributed by atoms with Crippen LogP contribution in [0.5, 0.6) is 0 Å². The number of para-hydroxylation sites is 1. The van der Waals surface area contributed by atoms with Gasteiger partial charge in [0.05, 0.1) is 10.7 Å². The Morgan fingerprint density at radius 3 is 2.69 bits per heavy atom. The number of amides is 3. The van der Waals surface area contributed by atoms with E-state index in [1.54, 1.807) is 24.3 Å². The van der Waals surface area contributed by atoms with E-state index in [-0.39, 0.29) is 12.5 Å². The second-order valence-electron chi connectivity index (χ2n) is 3.25. The van der Waals surface area contributed by atoms with Crippen molar-refractivity contribution in [3.63, 3.8) is 0 Å². The van der Waals surface area contributed by atoms with Gasteiger partial charge in [-0.05, 0) is 12.1 Å². The molecule has 6 heteroatoms. The van der Waals surface area contributed by atoms with Crippen LogP contribution in [0.25, 0.3) is 0 Å². The van der Waals surface area contributed by atoms with Crippen LogP contribution in [0, 0.1) is 0 Å². The number of carbonyl (C=O) groups excluding carboxylic acids is 2. The van der Waals surface area contributed by atoms with Crippen LogP contribution in [0.4, 0.5) is 10.5 Å². The number of carbonyl (C=O) groups is 2. The van der Waals surface area contributed by atoms with Gasteiger partial charge in [0.25, 0.3) is 5.91 Å². The van der Waals surface area contributed by atoms with E-state index in [0.29, 0.717) is 10.7 Å². The van der Waals surface area contributed by atoms with E-state index in [9.17, 15) is 9.59 Å². The second-order valence-corrected chi connectivity index (χ2v) is 3.66.